The topological polar surface area (TPSA) is 0 Å². The van der Waals surface area contributed by atoms with Gasteiger partial charge in [0.2, 0.25) is 0 Å². The Kier molecular flexibility index (Phi) is 2.76. The molecule has 0 radical (unpaired) electrons. The highest BCUT2D eigenvalue weighted by molar-refractivity contribution is 5.24. The van der Waals surface area contributed by atoms with Gasteiger partial charge >= 0.3 is 0 Å². The summed E-state index contributed by atoms with van der Waals surface area (Å²) in [6.45, 7) is 12.4. The van der Waals surface area contributed by atoms with Crippen molar-refractivity contribution in [2.75, 3.05) is 0 Å². The van der Waals surface area contributed by atoms with E-state index in [0.29, 0.717) is 5.41 Å². The number of allylic oxidation sites excluding steroid dienone is 2. The van der Waals surface area contributed by atoms with Crippen molar-refractivity contribution in [3.8, 4) is 0 Å². The van der Waals surface area contributed by atoms with E-state index in [9.17, 15) is 0 Å². The minimum absolute atomic E-state index is 0.538. The zero-order valence-corrected chi connectivity index (χ0v) is 8.45. The van der Waals surface area contributed by atoms with E-state index in [-0.39, 0.29) is 0 Å². The van der Waals surface area contributed by atoms with Crippen molar-refractivity contribution in [1.29, 1.82) is 0 Å². The van der Waals surface area contributed by atoms with Crippen molar-refractivity contribution in [2.45, 2.75) is 46.0 Å². The molecule has 0 N–H and O–H groups in total. The van der Waals surface area contributed by atoms with E-state index in [1.54, 1.807) is 0 Å². The molecular formula is C12H20. The maximum absolute atomic E-state index is 4.06. The summed E-state index contributed by atoms with van der Waals surface area (Å²) in [5.41, 5.74) is 2.94. The van der Waals surface area contributed by atoms with E-state index in [2.05, 4.69) is 27.0 Å². The first-order valence-electron chi connectivity index (χ1n) is 4.87. The lowest BCUT2D eigenvalue weighted by atomic mass is 9.81. The minimum Gasteiger partial charge on any atom is -0.0959 e. The molecule has 0 heterocycles. The molecule has 0 aliphatic heterocycles. The largest absolute Gasteiger partial charge is 0.0959 e. The first-order valence-corrected chi connectivity index (χ1v) is 4.87. The van der Waals surface area contributed by atoms with E-state index >= 15 is 0 Å². The molecule has 0 atom stereocenters. The molecule has 0 aromatic carbocycles. The van der Waals surface area contributed by atoms with Crippen LogP contribution in [-0.2, 0) is 0 Å². The van der Waals surface area contributed by atoms with Gasteiger partial charge < -0.3 is 0 Å². The van der Waals surface area contributed by atoms with Gasteiger partial charge in [0.1, 0.15) is 0 Å². The van der Waals surface area contributed by atoms with Crippen LogP contribution in [0.25, 0.3) is 0 Å². The van der Waals surface area contributed by atoms with Gasteiger partial charge in [-0.3, -0.25) is 0 Å². The zero-order valence-electron chi connectivity index (χ0n) is 8.45. The molecule has 0 unspecified atom stereocenters. The Morgan fingerprint density at radius 2 is 1.75 bits per heavy atom. The van der Waals surface area contributed by atoms with Gasteiger partial charge in [0, 0.05) is 0 Å². The average Bonchev–Trinajstić information content (AvgIpc) is 2.35. The van der Waals surface area contributed by atoms with Crippen molar-refractivity contribution in [3.63, 3.8) is 0 Å². The molecule has 0 amide bonds. The summed E-state index contributed by atoms with van der Waals surface area (Å²) in [7, 11) is 0. The second-order valence-corrected chi connectivity index (χ2v) is 4.58. The van der Waals surface area contributed by atoms with Crippen molar-refractivity contribution < 1.29 is 0 Å². The van der Waals surface area contributed by atoms with Crippen LogP contribution in [0.4, 0.5) is 0 Å². The zero-order chi connectivity index (χ0) is 9.19. The lowest BCUT2D eigenvalue weighted by molar-refractivity contribution is 0.335. The molecular weight excluding hydrogens is 144 g/mol. The molecule has 12 heavy (non-hydrogen) atoms. The lowest BCUT2D eigenvalue weighted by Crippen LogP contribution is -2.11. The fraction of sp³-hybridized carbons (Fsp3) is 0.667. The van der Waals surface area contributed by atoms with Crippen molar-refractivity contribution >= 4 is 0 Å². The van der Waals surface area contributed by atoms with Gasteiger partial charge in [-0.1, -0.05) is 44.1 Å². The summed E-state index contributed by atoms with van der Waals surface area (Å²) < 4.78 is 0. The molecule has 0 aromatic heterocycles. The second-order valence-electron chi connectivity index (χ2n) is 4.58. The van der Waals surface area contributed by atoms with Crippen molar-refractivity contribution in [2.24, 2.45) is 5.41 Å². The van der Waals surface area contributed by atoms with E-state index < -0.39 is 0 Å². The highest BCUT2D eigenvalue weighted by Crippen LogP contribution is 2.42. The van der Waals surface area contributed by atoms with Crippen LogP contribution in [0.2, 0.25) is 0 Å². The molecule has 0 aromatic rings. The van der Waals surface area contributed by atoms with Crippen LogP contribution in [0.15, 0.2) is 24.3 Å². The van der Waals surface area contributed by atoms with Crippen LogP contribution in [0.1, 0.15) is 46.0 Å². The highest BCUT2D eigenvalue weighted by atomic mass is 14.3. The Balaban J connectivity index is 2.49. The maximum atomic E-state index is 4.06. The van der Waals surface area contributed by atoms with Crippen LogP contribution in [0.3, 0.4) is 0 Å². The third kappa shape index (κ3) is 2.23. The predicted molar refractivity (Wildman–Crippen MR) is 55.1 cm³/mol. The Morgan fingerprint density at radius 1 is 1.25 bits per heavy atom. The van der Waals surface area contributed by atoms with Gasteiger partial charge in [-0.2, -0.15) is 0 Å². The quantitative estimate of drug-likeness (QED) is 0.551. The molecule has 0 saturated heterocycles. The SMILES string of the molecule is C=C(C)C(=C)CC1(C)CCCC1. The lowest BCUT2D eigenvalue weighted by Gasteiger charge is -2.24. The minimum atomic E-state index is 0.538. The van der Waals surface area contributed by atoms with E-state index in [1.165, 1.54) is 31.3 Å². The van der Waals surface area contributed by atoms with E-state index in [4.69, 9.17) is 0 Å². The molecule has 1 fully saturated rings. The molecule has 1 aliphatic carbocycles. The average molecular weight is 164 g/mol. The summed E-state index contributed by atoms with van der Waals surface area (Å²) in [6.07, 6.45) is 6.71. The fourth-order valence-corrected chi connectivity index (χ4v) is 2.07. The Hall–Kier alpha value is -0.520. The monoisotopic (exact) mass is 164 g/mol. The van der Waals surface area contributed by atoms with Gasteiger partial charge in [-0.25, -0.2) is 0 Å². The maximum Gasteiger partial charge on any atom is -0.0228 e. The van der Waals surface area contributed by atoms with Crippen LogP contribution in [0.5, 0.6) is 0 Å². The molecule has 0 bridgehead atoms. The summed E-state index contributed by atoms with van der Waals surface area (Å²) >= 11 is 0. The molecule has 0 heteroatoms. The first-order chi connectivity index (χ1) is 5.53. The number of hydrogen-bond acceptors (Lipinski definition) is 0. The summed E-state index contributed by atoms with van der Waals surface area (Å²) in [6, 6.07) is 0. The summed E-state index contributed by atoms with van der Waals surface area (Å²) in [4.78, 5) is 0. The van der Waals surface area contributed by atoms with Gasteiger partial charge in [0.25, 0.3) is 0 Å². The first kappa shape index (κ1) is 9.57. The Morgan fingerprint density at radius 3 is 2.17 bits per heavy atom. The van der Waals surface area contributed by atoms with Gasteiger partial charge in [-0.15, -0.1) is 0 Å². The summed E-state index contributed by atoms with van der Waals surface area (Å²) in [5, 5.41) is 0. The smallest absolute Gasteiger partial charge is 0.0228 e. The van der Waals surface area contributed by atoms with Gasteiger partial charge in [-0.05, 0) is 31.6 Å². The third-order valence-electron chi connectivity index (χ3n) is 3.05. The van der Waals surface area contributed by atoms with Gasteiger partial charge in [0.05, 0.1) is 0 Å². The van der Waals surface area contributed by atoms with Crippen LogP contribution >= 0.6 is 0 Å². The van der Waals surface area contributed by atoms with E-state index in [1.807, 2.05) is 0 Å². The fourth-order valence-electron chi connectivity index (χ4n) is 2.07. The number of rotatable bonds is 3. The van der Waals surface area contributed by atoms with Crippen LogP contribution < -0.4 is 0 Å². The third-order valence-corrected chi connectivity index (χ3v) is 3.05. The van der Waals surface area contributed by atoms with Crippen LogP contribution in [-0.4, -0.2) is 0 Å². The highest BCUT2D eigenvalue weighted by Gasteiger charge is 2.28. The molecule has 68 valence electrons. The Labute approximate surface area is 76.4 Å². The second kappa shape index (κ2) is 3.47. The summed E-state index contributed by atoms with van der Waals surface area (Å²) in [5.74, 6) is 0. The normalized spacial score (nSPS) is 20.8. The molecule has 0 nitrogen and oxygen atoms in total. The molecule has 1 saturated carbocycles. The standard InChI is InChI=1S/C12H20/c1-10(2)11(3)9-12(4)7-5-6-8-12/h1,3,5-9H2,2,4H3. The van der Waals surface area contributed by atoms with Crippen molar-refractivity contribution in [1.82, 2.24) is 0 Å². The molecule has 0 spiro atoms. The number of hydrogen-bond donors (Lipinski definition) is 0. The molecule has 1 rings (SSSR count). The van der Waals surface area contributed by atoms with Crippen LogP contribution in [0, 0.1) is 5.41 Å². The molecule has 1 aliphatic rings. The Bertz CT molecular complexity index is 192. The van der Waals surface area contributed by atoms with E-state index in [0.717, 1.165) is 12.0 Å². The van der Waals surface area contributed by atoms with Gasteiger partial charge in [0.15, 0.2) is 0 Å². The predicted octanol–water partition coefficient (Wildman–Crippen LogP) is 4.09. The van der Waals surface area contributed by atoms with Crippen molar-refractivity contribution in [3.05, 3.63) is 24.3 Å².